The topological polar surface area (TPSA) is 114 Å². The van der Waals surface area contributed by atoms with E-state index in [0.29, 0.717) is 0 Å². The molecule has 0 aromatic heterocycles. The maximum atomic E-state index is 12.8. The predicted molar refractivity (Wildman–Crippen MR) is 121 cm³/mol. The van der Waals surface area contributed by atoms with E-state index in [1.165, 1.54) is 6.08 Å². The van der Waals surface area contributed by atoms with Crippen LogP contribution in [0.25, 0.3) is 11.1 Å². The highest BCUT2D eigenvalue weighted by atomic mass is 16.5. The highest BCUT2D eigenvalue weighted by Gasteiger charge is 2.45. The molecule has 2 aromatic rings. The van der Waals surface area contributed by atoms with E-state index in [9.17, 15) is 19.5 Å². The van der Waals surface area contributed by atoms with Crippen LogP contribution < -0.4 is 10.6 Å². The Morgan fingerprint density at radius 2 is 1.79 bits per heavy atom. The number of nitrogens with one attached hydrogen (secondary N) is 2. The molecule has 0 radical (unpaired) electrons. The second-order valence-electron chi connectivity index (χ2n) is 8.23. The van der Waals surface area contributed by atoms with Gasteiger partial charge in [-0.05, 0) is 28.7 Å². The van der Waals surface area contributed by atoms with E-state index < -0.39 is 29.6 Å². The first-order chi connectivity index (χ1) is 15.9. The number of fused-ring (bicyclic) bond motifs is 3. The van der Waals surface area contributed by atoms with Gasteiger partial charge in [0.25, 0.3) is 0 Å². The summed E-state index contributed by atoms with van der Waals surface area (Å²) in [6, 6.07) is 15.0. The van der Waals surface area contributed by atoms with Crippen molar-refractivity contribution in [3.8, 4) is 11.1 Å². The first kappa shape index (κ1) is 22.5. The number of carbonyl (C=O) groups is 3. The van der Waals surface area contributed by atoms with Crippen molar-refractivity contribution in [3.63, 3.8) is 0 Å². The summed E-state index contributed by atoms with van der Waals surface area (Å²) in [5.41, 5.74) is 2.89. The number of benzene rings is 2. The van der Waals surface area contributed by atoms with E-state index in [1.54, 1.807) is 0 Å². The zero-order valence-electron chi connectivity index (χ0n) is 18.1. The molecule has 1 aliphatic carbocycles. The number of rotatable bonds is 8. The summed E-state index contributed by atoms with van der Waals surface area (Å²) >= 11 is 0. The third-order valence-electron chi connectivity index (χ3n) is 6.15. The van der Waals surface area contributed by atoms with Gasteiger partial charge in [0, 0.05) is 18.9 Å². The van der Waals surface area contributed by atoms with E-state index in [2.05, 4.69) is 17.2 Å². The first-order valence-corrected chi connectivity index (χ1v) is 10.8. The van der Waals surface area contributed by atoms with Gasteiger partial charge in [0.2, 0.25) is 5.91 Å². The molecular formula is C25H26N2O6. The summed E-state index contributed by atoms with van der Waals surface area (Å²) in [5, 5.41) is 14.6. The Kier molecular flexibility index (Phi) is 6.46. The van der Waals surface area contributed by atoms with Crippen LogP contribution in [0, 0.1) is 0 Å². The molecule has 1 saturated heterocycles. The van der Waals surface area contributed by atoms with E-state index in [-0.39, 0.29) is 38.6 Å². The van der Waals surface area contributed by atoms with Crippen LogP contribution >= 0.6 is 0 Å². The number of carbonyl (C=O) groups excluding carboxylic acids is 2. The lowest BCUT2D eigenvalue weighted by Crippen LogP contribution is -2.59. The third-order valence-corrected chi connectivity index (χ3v) is 6.15. The van der Waals surface area contributed by atoms with E-state index in [1.807, 2.05) is 48.5 Å². The van der Waals surface area contributed by atoms with Crippen LogP contribution in [0.15, 0.2) is 61.2 Å². The minimum atomic E-state index is -1.50. The Morgan fingerprint density at radius 1 is 1.15 bits per heavy atom. The molecule has 8 heteroatoms. The number of carboxylic acid groups (broad SMARTS) is 1. The van der Waals surface area contributed by atoms with Crippen molar-refractivity contribution in [2.75, 3.05) is 19.8 Å². The standard InChI is InChI=1S/C25H26N2O6/c1-2-7-21(22(28)27-25(23(29)30)12-13-32-15-25)26-24(31)33-14-20-18-10-5-3-8-16(18)17-9-4-6-11-19(17)20/h2-6,8-11,20-21H,1,7,12-15H2,(H,26,31)(H,27,28)(H,29,30). The highest BCUT2D eigenvalue weighted by Crippen LogP contribution is 2.44. The van der Waals surface area contributed by atoms with Gasteiger partial charge in [0.05, 0.1) is 6.61 Å². The van der Waals surface area contributed by atoms with E-state index >= 15 is 0 Å². The Hall–Kier alpha value is -3.65. The van der Waals surface area contributed by atoms with Crippen molar-refractivity contribution in [1.29, 1.82) is 0 Å². The maximum Gasteiger partial charge on any atom is 0.407 e. The lowest BCUT2D eigenvalue weighted by atomic mass is 9.98. The second kappa shape index (κ2) is 9.46. The normalized spacial score (nSPS) is 19.8. The van der Waals surface area contributed by atoms with Crippen LogP contribution in [0.5, 0.6) is 0 Å². The van der Waals surface area contributed by atoms with Crippen molar-refractivity contribution >= 4 is 18.0 Å². The Balaban J connectivity index is 1.41. The minimum absolute atomic E-state index is 0.106. The molecule has 8 nitrogen and oxygen atoms in total. The predicted octanol–water partition coefficient (Wildman–Crippen LogP) is 2.83. The number of amides is 2. The molecule has 3 N–H and O–H groups in total. The van der Waals surface area contributed by atoms with Gasteiger partial charge in [-0.1, -0.05) is 54.6 Å². The smallest absolute Gasteiger partial charge is 0.407 e. The number of hydrogen-bond acceptors (Lipinski definition) is 5. The number of ether oxygens (including phenoxy) is 2. The van der Waals surface area contributed by atoms with Gasteiger partial charge >= 0.3 is 12.1 Å². The largest absolute Gasteiger partial charge is 0.479 e. The van der Waals surface area contributed by atoms with Gasteiger partial charge in [-0.15, -0.1) is 6.58 Å². The van der Waals surface area contributed by atoms with E-state index in [4.69, 9.17) is 9.47 Å². The molecule has 1 fully saturated rings. The van der Waals surface area contributed by atoms with Gasteiger partial charge in [-0.25, -0.2) is 9.59 Å². The Morgan fingerprint density at radius 3 is 2.33 bits per heavy atom. The van der Waals surface area contributed by atoms with Crippen LogP contribution in [0.4, 0.5) is 4.79 Å². The van der Waals surface area contributed by atoms with Crippen LogP contribution in [0.1, 0.15) is 29.9 Å². The van der Waals surface area contributed by atoms with Crippen molar-refractivity contribution in [2.45, 2.75) is 30.3 Å². The fraction of sp³-hybridized carbons (Fsp3) is 0.320. The van der Waals surface area contributed by atoms with Crippen molar-refractivity contribution in [1.82, 2.24) is 10.6 Å². The molecule has 0 saturated carbocycles. The summed E-state index contributed by atoms with van der Waals surface area (Å²) < 4.78 is 10.7. The summed E-state index contributed by atoms with van der Waals surface area (Å²) in [6.07, 6.45) is 0.991. The molecule has 1 heterocycles. The summed E-state index contributed by atoms with van der Waals surface area (Å²) in [4.78, 5) is 37.0. The quantitative estimate of drug-likeness (QED) is 0.533. The van der Waals surface area contributed by atoms with Gasteiger partial charge < -0.3 is 25.2 Å². The van der Waals surface area contributed by atoms with Gasteiger partial charge in [0.1, 0.15) is 12.6 Å². The van der Waals surface area contributed by atoms with Crippen molar-refractivity contribution in [3.05, 3.63) is 72.3 Å². The lowest BCUT2D eigenvalue weighted by Gasteiger charge is -2.26. The monoisotopic (exact) mass is 450 g/mol. The Bertz CT molecular complexity index is 1030. The number of aliphatic carboxylic acids is 1. The Labute approximate surface area is 191 Å². The molecule has 2 unspecified atom stereocenters. The average molecular weight is 450 g/mol. The summed E-state index contributed by atoms with van der Waals surface area (Å²) in [6.45, 7) is 3.84. The zero-order valence-corrected chi connectivity index (χ0v) is 18.1. The molecule has 172 valence electrons. The van der Waals surface area contributed by atoms with Crippen LogP contribution in [-0.2, 0) is 19.1 Å². The molecular weight excluding hydrogens is 424 g/mol. The van der Waals surface area contributed by atoms with Crippen LogP contribution in [0.3, 0.4) is 0 Å². The molecule has 2 aliphatic rings. The lowest BCUT2D eigenvalue weighted by molar-refractivity contribution is -0.147. The fourth-order valence-corrected chi connectivity index (χ4v) is 4.39. The molecule has 2 aromatic carbocycles. The fourth-order valence-electron chi connectivity index (χ4n) is 4.39. The summed E-state index contributed by atoms with van der Waals surface area (Å²) in [7, 11) is 0. The molecule has 0 spiro atoms. The first-order valence-electron chi connectivity index (χ1n) is 10.8. The highest BCUT2D eigenvalue weighted by molar-refractivity contribution is 5.91. The van der Waals surface area contributed by atoms with E-state index in [0.717, 1.165) is 22.3 Å². The van der Waals surface area contributed by atoms with Crippen molar-refractivity contribution < 1.29 is 29.0 Å². The van der Waals surface area contributed by atoms with Crippen LogP contribution in [0.2, 0.25) is 0 Å². The van der Waals surface area contributed by atoms with Gasteiger partial charge in [-0.2, -0.15) is 0 Å². The number of alkyl carbamates (subject to hydrolysis) is 1. The average Bonchev–Trinajstić information content (AvgIpc) is 3.41. The zero-order chi connectivity index (χ0) is 23.4. The molecule has 2 atom stereocenters. The number of carboxylic acids is 1. The second-order valence-corrected chi connectivity index (χ2v) is 8.23. The van der Waals surface area contributed by atoms with Crippen LogP contribution in [-0.4, -0.2) is 54.5 Å². The third kappa shape index (κ3) is 4.47. The summed E-state index contributed by atoms with van der Waals surface area (Å²) in [5.74, 6) is -1.91. The minimum Gasteiger partial charge on any atom is -0.479 e. The van der Waals surface area contributed by atoms with Gasteiger partial charge in [-0.3, -0.25) is 4.79 Å². The molecule has 4 rings (SSSR count). The maximum absolute atomic E-state index is 12.8. The number of hydrogen-bond donors (Lipinski definition) is 3. The molecule has 2 amide bonds. The SMILES string of the molecule is C=CCC(NC(=O)OCC1c2ccccc2-c2ccccc21)C(=O)NC1(C(=O)O)CCOC1. The molecule has 1 aliphatic heterocycles. The van der Waals surface area contributed by atoms with Crippen molar-refractivity contribution in [2.24, 2.45) is 0 Å². The molecule has 0 bridgehead atoms. The molecule has 33 heavy (non-hydrogen) atoms. The van der Waals surface area contributed by atoms with Gasteiger partial charge in [0.15, 0.2) is 5.54 Å².